The van der Waals surface area contributed by atoms with Gasteiger partial charge in [0, 0.05) is 41.8 Å². The Morgan fingerprint density at radius 3 is 2.68 bits per heavy atom. The molecule has 7 nitrogen and oxygen atoms in total. The fourth-order valence-electron chi connectivity index (χ4n) is 3.65. The van der Waals surface area contributed by atoms with Crippen LogP contribution in [0.2, 0.25) is 5.02 Å². The molecule has 1 aliphatic carbocycles. The number of rotatable bonds is 7. The Balaban J connectivity index is 1.35. The minimum absolute atomic E-state index is 0.0141. The highest BCUT2D eigenvalue weighted by molar-refractivity contribution is 7.89. The van der Waals surface area contributed by atoms with Crippen molar-refractivity contribution in [3.05, 3.63) is 52.5 Å². The molecule has 164 valence electrons. The van der Waals surface area contributed by atoms with Gasteiger partial charge in [-0.05, 0) is 67.6 Å². The quantitative estimate of drug-likeness (QED) is 0.661. The van der Waals surface area contributed by atoms with Crippen LogP contribution in [0.5, 0.6) is 0 Å². The Morgan fingerprint density at radius 2 is 1.94 bits per heavy atom. The van der Waals surface area contributed by atoms with Gasteiger partial charge in [0.15, 0.2) is 0 Å². The van der Waals surface area contributed by atoms with E-state index in [0.717, 1.165) is 29.7 Å². The molecule has 2 aromatic rings. The van der Waals surface area contributed by atoms with Gasteiger partial charge in [-0.3, -0.25) is 9.59 Å². The van der Waals surface area contributed by atoms with Crippen molar-refractivity contribution in [2.75, 3.05) is 23.3 Å². The highest BCUT2D eigenvalue weighted by Gasteiger charge is 2.36. The topological polar surface area (TPSA) is 95.6 Å². The Hall–Kier alpha value is -2.42. The van der Waals surface area contributed by atoms with Crippen LogP contribution in [0.15, 0.2) is 41.3 Å². The molecule has 0 aromatic heterocycles. The van der Waals surface area contributed by atoms with Crippen LogP contribution in [0, 0.1) is 12.8 Å². The van der Waals surface area contributed by atoms with Crippen LogP contribution >= 0.6 is 11.6 Å². The molecule has 0 spiro atoms. The van der Waals surface area contributed by atoms with Gasteiger partial charge in [-0.1, -0.05) is 17.7 Å². The predicted octanol–water partition coefficient (Wildman–Crippen LogP) is 3.25. The molecule has 2 amide bonds. The number of fused-ring (bicyclic) bond motifs is 1. The summed E-state index contributed by atoms with van der Waals surface area (Å²) in [6.07, 6.45) is 2.50. The van der Waals surface area contributed by atoms with Crippen molar-refractivity contribution in [2.45, 2.75) is 37.5 Å². The summed E-state index contributed by atoms with van der Waals surface area (Å²) in [6.45, 7) is 2.41. The van der Waals surface area contributed by atoms with Gasteiger partial charge in [-0.15, -0.1) is 0 Å². The largest absolute Gasteiger partial charge is 0.326 e. The number of carbonyl (C=O) groups excluding carboxylic acids is 2. The second-order valence-electron chi connectivity index (χ2n) is 7.96. The van der Waals surface area contributed by atoms with Gasteiger partial charge in [0.05, 0.1) is 4.90 Å². The van der Waals surface area contributed by atoms with Gasteiger partial charge in [0.1, 0.15) is 0 Å². The van der Waals surface area contributed by atoms with E-state index < -0.39 is 10.0 Å². The zero-order valence-electron chi connectivity index (χ0n) is 17.2. The maximum Gasteiger partial charge on any atom is 0.240 e. The van der Waals surface area contributed by atoms with E-state index in [4.69, 9.17) is 11.6 Å². The second-order valence-corrected chi connectivity index (χ2v) is 10.2. The lowest BCUT2D eigenvalue weighted by Gasteiger charge is -2.17. The number of hydrogen-bond donors (Lipinski definition) is 2. The standard InChI is InChI=1S/C22H24ClN3O4S/c1-14-2-5-17(23)13-19(14)25-21(27)8-10-24-31(29,30)18-6-7-20-16(12-18)9-11-26(20)22(28)15-3-4-15/h2,5-7,12-13,15,24H,3-4,8-11H2,1H3,(H,25,27). The maximum atomic E-state index is 12.7. The van der Waals surface area contributed by atoms with E-state index in [-0.39, 0.29) is 35.6 Å². The van der Waals surface area contributed by atoms with Crippen LogP contribution in [0.1, 0.15) is 30.4 Å². The van der Waals surface area contributed by atoms with Crippen molar-refractivity contribution in [3.63, 3.8) is 0 Å². The summed E-state index contributed by atoms with van der Waals surface area (Å²) < 4.78 is 27.8. The minimum Gasteiger partial charge on any atom is -0.326 e. The van der Waals surface area contributed by atoms with E-state index >= 15 is 0 Å². The van der Waals surface area contributed by atoms with Crippen LogP contribution in [0.25, 0.3) is 0 Å². The molecule has 2 aromatic carbocycles. The zero-order chi connectivity index (χ0) is 22.2. The van der Waals surface area contributed by atoms with E-state index in [2.05, 4.69) is 10.0 Å². The normalized spacial score (nSPS) is 15.6. The minimum atomic E-state index is -3.76. The molecule has 2 aliphatic rings. The van der Waals surface area contributed by atoms with Gasteiger partial charge >= 0.3 is 0 Å². The van der Waals surface area contributed by atoms with Crippen LogP contribution in [-0.4, -0.2) is 33.3 Å². The van der Waals surface area contributed by atoms with E-state index in [1.165, 1.54) is 6.07 Å². The number of anilines is 2. The fourth-order valence-corrected chi connectivity index (χ4v) is 4.90. The predicted molar refractivity (Wildman–Crippen MR) is 120 cm³/mol. The number of carbonyl (C=O) groups is 2. The molecule has 1 fully saturated rings. The van der Waals surface area contributed by atoms with Crippen LogP contribution < -0.4 is 14.9 Å². The maximum absolute atomic E-state index is 12.7. The molecule has 1 aliphatic heterocycles. The number of halogens is 1. The summed E-state index contributed by atoms with van der Waals surface area (Å²) in [6, 6.07) is 10.0. The van der Waals surface area contributed by atoms with Crippen molar-refractivity contribution >= 4 is 44.8 Å². The highest BCUT2D eigenvalue weighted by atomic mass is 35.5. The molecule has 0 radical (unpaired) electrons. The fraction of sp³-hybridized carbons (Fsp3) is 0.364. The van der Waals surface area contributed by atoms with Crippen molar-refractivity contribution in [2.24, 2.45) is 5.92 Å². The van der Waals surface area contributed by atoms with Crippen molar-refractivity contribution in [1.82, 2.24) is 4.72 Å². The highest BCUT2D eigenvalue weighted by Crippen LogP contribution is 2.37. The smallest absolute Gasteiger partial charge is 0.240 e. The van der Waals surface area contributed by atoms with Gasteiger partial charge in [-0.2, -0.15) is 0 Å². The van der Waals surface area contributed by atoms with Crippen molar-refractivity contribution in [1.29, 1.82) is 0 Å². The monoisotopic (exact) mass is 461 g/mol. The Morgan fingerprint density at radius 1 is 1.16 bits per heavy atom. The summed E-state index contributed by atoms with van der Waals surface area (Å²) >= 11 is 5.95. The summed E-state index contributed by atoms with van der Waals surface area (Å²) in [4.78, 5) is 26.5. The molecule has 9 heteroatoms. The number of amides is 2. The van der Waals surface area contributed by atoms with Gasteiger partial charge in [-0.25, -0.2) is 13.1 Å². The first kappa shape index (κ1) is 21.8. The zero-order valence-corrected chi connectivity index (χ0v) is 18.7. The van der Waals surface area contributed by atoms with Gasteiger partial charge in [0.2, 0.25) is 21.8 Å². The van der Waals surface area contributed by atoms with Crippen molar-refractivity contribution < 1.29 is 18.0 Å². The molecule has 1 heterocycles. The summed E-state index contributed by atoms with van der Waals surface area (Å²) in [5, 5.41) is 3.25. The summed E-state index contributed by atoms with van der Waals surface area (Å²) in [5.41, 5.74) is 3.12. The lowest BCUT2D eigenvalue weighted by atomic mass is 10.2. The van der Waals surface area contributed by atoms with Gasteiger partial charge < -0.3 is 10.2 Å². The summed E-state index contributed by atoms with van der Waals surface area (Å²) in [5.74, 6) is -0.0532. The number of hydrogen-bond acceptors (Lipinski definition) is 4. The number of nitrogens with one attached hydrogen (secondary N) is 2. The number of sulfonamides is 1. The second kappa shape index (κ2) is 8.61. The number of aryl methyl sites for hydroxylation is 1. The average molecular weight is 462 g/mol. The van der Waals surface area contributed by atoms with E-state index in [9.17, 15) is 18.0 Å². The molecule has 0 unspecified atom stereocenters. The molecule has 0 atom stereocenters. The third-order valence-corrected chi connectivity index (χ3v) is 7.26. The average Bonchev–Trinajstić information content (AvgIpc) is 3.49. The summed E-state index contributed by atoms with van der Waals surface area (Å²) in [7, 11) is -3.76. The molecule has 31 heavy (non-hydrogen) atoms. The molecular weight excluding hydrogens is 438 g/mol. The first-order valence-corrected chi connectivity index (χ1v) is 12.1. The third-order valence-electron chi connectivity index (χ3n) is 5.57. The SMILES string of the molecule is Cc1ccc(Cl)cc1NC(=O)CCNS(=O)(=O)c1ccc2c(c1)CCN2C(=O)C1CC1. The van der Waals surface area contributed by atoms with E-state index in [1.807, 2.05) is 6.92 Å². The van der Waals surface area contributed by atoms with E-state index in [0.29, 0.717) is 23.7 Å². The Bertz CT molecular complexity index is 1150. The molecule has 4 rings (SSSR count). The van der Waals surface area contributed by atoms with E-state index in [1.54, 1.807) is 35.2 Å². The van der Waals surface area contributed by atoms with Crippen LogP contribution in [0.4, 0.5) is 11.4 Å². The first-order valence-electron chi connectivity index (χ1n) is 10.2. The van der Waals surface area contributed by atoms with Crippen LogP contribution in [0.3, 0.4) is 0 Å². The number of benzene rings is 2. The lowest BCUT2D eigenvalue weighted by molar-refractivity contribution is -0.119. The van der Waals surface area contributed by atoms with Gasteiger partial charge in [0.25, 0.3) is 0 Å². The Kier molecular flexibility index (Phi) is 6.05. The third kappa shape index (κ3) is 4.92. The first-order chi connectivity index (χ1) is 14.7. The molecule has 2 N–H and O–H groups in total. The molecular formula is C22H24ClN3O4S. The molecule has 0 bridgehead atoms. The Labute approximate surface area is 186 Å². The number of nitrogens with zero attached hydrogens (tertiary/aromatic N) is 1. The molecule has 1 saturated carbocycles. The van der Waals surface area contributed by atoms with Crippen molar-refractivity contribution in [3.8, 4) is 0 Å². The lowest BCUT2D eigenvalue weighted by Crippen LogP contribution is -2.30. The molecule has 0 saturated heterocycles. The van der Waals surface area contributed by atoms with Crippen LogP contribution in [-0.2, 0) is 26.0 Å².